The van der Waals surface area contributed by atoms with Gasteiger partial charge in [0.1, 0.15) is 0 Å². The molecule has 3 heteroatoms. The number of aryl methyl sites for hydroxylation is 2. The number of nitrogens with one attached hydrogen (secondary N) is 1. The smallest absolute Gasteiger partial charge is 0.0362 e. The molecule has 3 nitrogen and oxygen atoms in total. The molecular weight excluding hydrogens is 210 g/mol. The third-order valence-corrected chi connectivity index (χ3v) is 3.57. The van der Waals surface area contributed by atoms with Crippen LogP contribution in [0.25, 0.3) is 0 Å². The summed E-state index contributed by atoms with van der Waals surface area (Å²) in [5.74, 6) is 0. The summed E-state index contributed by atoms with van der Waals surface area (Å²) in [6, 6.07) is 8.67. The normalized spacial score (nSPS) is 11.1. The zero-order valence-electron chi connectivity index (χ0n) is 11.1. The minimum absolute atomic E-state index is 0.911. The van der Waals surface area contributed by atoms with E-state index >= 15 is 0 Å². The monoisotopic (exact) mass is 231 g/mol. The molecule has 0 fully saturated rings. The second-order valence-electron chi connectivity index (χ2n) is 4.65. The topological polar surface area (TPSA) is 21.9 Å². The van der Waals surface area contributed by atoms with Crippen LogP contribution in [0, 0.1) is 13.8 Å². The summed E-state index contributed by atoms with van der Waals surface area (Å²) in [6.07, 6.45) is 0. The highest BCUT2D eigenvalue weighted by Gasteiger charge is 2.03. The highest BCUT2D eigenvalue weighted by molar-refractivity contribution is 5.16. The Morgan fingerprint density at radius 3 is 1.53 bits per heavy atom. The molecule has 0 spiro atoms. The molecule has 0 aromatic carbocycles. The number of rotatable bonds is 4. The quantitative estimate of drug-likeness (QED) is 0.856. The summed E-state index contributed by atoms with van der Waals surface area (Å²) in [4.78, 5) is 0. The van der Waals surface area contributed by atoms with Crippen LogP contribution in [-0.2, 0) is 27.2 Å². The van der Waals surface area contributed by atoms with E-state index in [1.165, 1.54) is 22.8 Å². The molecule has 2 aromatic heterocycles. The van der Waals surface area contributed by atoms with Crippen LogP contribution in [0.3, 0.4) is 0 Å². The van der Waals surface area contributed by atoms with Crippen molar-refractivity contribution in [2.24, 2.45) is 14.1 Å². The first-order chi connectivity index (χ1) is 8.09. The van der Waals surface area contributed by atoms with E-state index in [9.17, 15) is 0 Å². The molecule has 0 atom stereocenters. The van der Waals surface area contributed by atoms with Gasteiger partial charge in [-0.25, -0.2) is 0 Å². The zero-order chi connectivity index (χ0) is 12.4. The summed E-state index contributed by atoms with van der Waals surface area (Å²) >= 11 is 0. The first kappa shape index (κ1) is 12.0. The van der Waals surface area contributed by atoms with E-state index < -0.39 is 0 Å². The van der Waals surface area contributed by atoms with Crippen LogP contribution in [0.4, 0.5) is 0 Å². The van der Waals surface area contributed by atoms with Gasteiger partial charge < -0.3 is 14.5 Å². The summed E-state index contributed by atoms with van der Waals surface area (Å²) in [6.45, 7) is 6.08. The van der Waals surface area contributed by atoms with Crippen molar-refractivity contribution < 1.29 is 0 Å². The Hall–Kier alpha value is -1.48. The van der Waals surface area contributed by atoms with Crippen molar-refractivity contribution in [1.29, 1.82) is 0 Å². The Morgan fingerprint density at radius 2 is 1.24 bits per heavy atom. The first-order valence-electron chi connectivity index (χ1n) is 6.02. The Labute approximate surface area is 103 Å². The largest absolute Gasteiger partial charge is 0.351 e. The standard InChI is InChI=1S/C14H21N3/c1-11-5-7-13(16(11)3)9-15-10-14-8-6-12(2)17(14)4/h5-8,15H,9-10H2,1-4H3. The van der Waals surface area contributed by atoms with Crippen LogP contribution in [0.2, 0.25) is 0 Å². The van der Waals surface area contributed by atoms with Gasteiger partial charge in [0.25, 0.3) is 0 Å². The third kappa shape index (κ3) is 2.44. The molecule has 1 N–H and O–H groups in total. The molecule has 2 heterocycles. The van der Waals surface area contributed by atoms with Crippen LogP contribution in [0.1, 0.15) is 22.8 Å². The number of hydrogen-bond donors (Lipinski definition) is 1. The molecule has 0 saturated carbocycles. The van der Waals surface area contributed by atoms with Gasteiger partial charge in [0.05, 0.1) is 0 Å². The number of nitrogens with zero attached hydrogens (tertiary/aromatic N) is 2. The molecule has 0 aliphatic heterocycles. The SMILES string of the molecule is Cc1ccc(CNCc2ccc(C)n2C)n1C. The lowest BCUT2D eigenvalue weighted by Gasteiger charge is -2.09. The Kier molecular flexibility index (Phi) is 3.38. The van der Waals surface area contributed by atoms with E-state index in [1.807, 2.05) is 0 Å². The number of aromatic nitrogens is 2. The second-order valence-corrected chi connectivity index (χ2v) is 4.65. The summed E-state index contributed by atoms with van der Waals surface area (Å²) < 4.78 is 4.45. The Bertz CT molecular complexity index is 459. The number of hydrogen-bond acceptors (Lipinski definition) is 1. The second kappa shape index (κ2) is 4.80. The summed E-state index contributed by atoms with van der Waals surface area (Å²) in [5, 5.41) is 3.48. The van der Waals surface area contributed by atoms with Crippen molar-refractivity contribution in [1.82, 2.24) is 14.5 Å². The molecule has 0 bridgehead atoms. The maximum absolute atomic E-state index is 3.48. The maximum atomic E-state index is 3.48. The zero-order valence-corrected chi connectivity index (χ0v) is 11.1. The fourth-order valence-electron chi connectivity index (χ4n) is 2.01. The van der Waals surface area contributed by atoms with Gasteiger partial charge in [0, 0.05) is 50.0 Å². The summed E-state index contributed by atoms with van der Waals surface area (Å²) in [5.41, 5.74) is 5.26. The molecule has 2 rings (SSSR count). The Morgan fingerprint density at radius 1 is 0.824 bits per heavy atom. The van der Waals surface area contributed by atoms with Gasteiger partial charge in [0.15, 0.2) is 0 Å². The van der Waals surface area contributed by atoms with Gasteiger partial charge in [-0.1, -0.05) is 0 Å². The average molecular weight is 231 g/mol. The van der Waals surface area contributed by atoms with Gasteiger partial charge in [-0.05, 0) is 38.1 Å². The van der Waals surface area contributed by atoms with Crippen molar-refractivity contribution >= 4 is 0 Å². The molecule has 0 unspecified atom stereocenters. The van der Waals surface area contributed by atoms with E-state index in [1.54, 1.807) is 0 Å². The van der Waals surface area contributed by atoms with Crippen molar-refractivity contribution in [2.75, 3.05) is 0 Å². The predicted octanol–water partition coefficient (Wildman–Crippen LogP) is 2.27. The third-order valence-electron chi connectivity index (χ3n) is 3.57. The van der Waals surface area contributed by atoms with Crippen molar-refractivity contribution in [2.45, 2.75) is 26.9 Å². The van der Waals surface area contributed by atoms with Crippen LogP contribution >= 0.6 is 0 Å². The van der Waals surface area contributed by atoms with Gasteiger partial charge in [0.2, 0.25) is 0 Å². The van der Waals surface area contributed by atoms with Gasteiger partial charge >= 0.3 is 0 Å². The van der Waals surface area contributed by atoms with E-state index in [2.05, 4.69) is 66.7 Å². The van der Waals surface area contributed by atoms with Gasteiger partial charge in [-0.15, -0.1) is 0 Å². The van der Waals surface area contributed by atoms with Crippen molar-refractivity contribution in [3.05, 3.63) is 47.0 Å². The van der Waals surface area contributed by atoms with Crippen LogP contribution < -0.4 is 5.32 Å². The molecule has 92 valence electrons. The van der Waals surface area contributed by atoms with Crippen LogP contribution in [-0.4, -0.2) is 9.13 Å². The molecule has 0 saturated heterocycles. The minimum Gasteiger partial charge on any atom is -0.351 e. The predicted molar refractivity (Wildman–Crippen MR) is 70.8 cm³/mol. The highest BCUT2D eigenvalue weighted by Crippen LogP contribution is 2.07. The average Bonchev–Trinajstić information content (AvgIpc) is 2.79. The first-order valence-corrected chi connectivity index (χ1v) is 6.02. The van der Waals surface area contributed by atoms with Crippen molar-refractivity contribution in [3.63, 3.8) is 0 Å². The lowest BCUT2D eigenvalue weighted by Crippen LogP contribution is -2.17. The maximum Gasteiger partial charge on any atom is 0.0362 e. The molecular formula is C14H21N3. The molecule has 0 aliphatic carbocycles. The summed E-state index contributed by atoms with van der Waals surface area (Å²) in [7, 11) is 4.22. The molecule has 2 aromatic rings. The fraction of sp³-hybridized carbons (Fsp3) is 0.429. The lowest BCUT2D eigenvalue weighted by atomic mass is 10.4. The molecule has 0 amide bonds. The van der Waals surface area contributed by atoms with Gasteiger partial charge in [-0.2, -0.15) is 0 Å². The van der Waals surface area contributed by atoms with Crippen LogP contribution in [0.5, 0.6) is 0 Å². The van der Waals surface area contributed by atoms with E-state index in [0.29, 0.717) is 0 Å². The highest BCUT2D eigenvalue weighted by atomic mass is 15.0. The fourth-order valence-corrected chi connectivity index (χ4v) is 2.01. The van der Waals surface area contributed by atoms with E-state index in [0.717, 1.165) is 13.1 Å². The molecule has 17 heavy (non-hydrogen) atoms. The van der Waals surface area contributed by atoms with E-state index in [-0.39, 0.29) is 0 Å². The van der Waals surface area contributed by atoms with Crippen LogP contribution in [0.15, 0.2) is 24.3 Å². The van der Waals surface area contributed by atoms with E-state index in [4.69, 9.17) is 0 Å². The Balaban J connectivity index is 1.92. The molecule has 0 aliphatic rings. The lowest BCUT2D eigenvalue weighted by molar-refractivity contribution is 0.623. The van der Waals surface area contributed by atoms with Gasteiger partial charge in [-0.3, -0.25) is 0 Å². The molecule has 0 radical (unpaired) electrons. The minimum atomic E-state index is 0.911. The van der Waals surface area contributed by atoms with Crippen molar-refractivity contribution in [3.8, 4) is 0 Å².